The van der Waals surface area contributed by atoms with Crippen molar-refractivity contribution in [3.05, 3.63) is 82.9 Å². The standard InChI is InChI=1S/C25H25NO4/c1-27-23-13-19-9-10-26-21(11-18-7-8-22-24(12-18)30-16-29-22)20(19)14-25(23)28-15-17-5-3-2-4-6-17/h2-8,12-14,21,26H,9-11,15-16H2,1H3. The lowest BCUT2D eigenvalue weighted by Gasteiger charge is -2.28. The van der Waals surface area contributed by atoms with Crippen LogP contribution in [0.3, 0.4) is 0 Å². The number of methoxy groups -OCH3 is 1. The highest BCUT2D eigenvalue weighted by atomic mass is 16.7. The maximum atomic E-state index is 6.15. The van der Waals surface area contributed by atoms with Crippen LogP contribution in [0, 0.1) is 0 Å². The minimum Gasteiger partial charge on any atom is -0.493 e. The first kappa shape index (κ1) is 18.8. The van der Waals surface area contributed by atoms with Crippen LogP contribution in [-0.4, -0.2) is 20.4 Å². The molecule has 5 heteroatoms. The molecule has 2 heterocycles. The molecule has 0 saturated heterocycles. The predicted molar refractivity (Wildman–Crippen MR) is 114 cm³/mol. The lowest BCUT2D eigenvalue weighted by atomic mass is 9.89. The zero-order valence-electron chi connectivity index (χ0n) is 17.0. The van der Waals surface area contributed by atoms with Gasteiger partial charge in [-0.15, -0.1) is 0 Å². The second-order valence-electron chi connectivity index (χ2n) is 7.62. The van der Waals surface area contributed by atoms with Gasteiger partial charge >= 0.3 is 0 Å². The van der Waals surface area contributed by atoms with Crippen molar-refractivity contribution >= 4 is 0 Å². The molecule has 3 aromatic rings. The van der Waals surface area contributed by atoms with E-state index in [4.69, 9.17) is 18.9 Å². The van der Waals surface area contributed by atoms with E-state index < -0.39 is 0 Å². The van der Waals surface area contributed by atoms with Gasteiger partial charge in [0.05, 0.1) is 7.11 Å². The van der Waals surface area contributed by atoms with Crippen LogP contribution in [0.15, 0.2) is 60.7 Å². The van der Waals surface area contributed by atoms with Crippen molar-refractivity contribution < 1.29 is 18.9 Å². The Morgan fingerprint density at radius 2 is 1.80 bits per heavy atom. The molecule has 5 rings (SSSR count). The van der Waals surface area contributed by atoms with E-state index in [0.717, 1.165) is 47.9 Å². The molecule has 2 aliphatic rings. The minimum atomic E-state index is 0.208. The first-order chi connectivity index (χ1) is 14.8. The molecule has 0 radical (unpaired) electrons. The van der Waals surface area contributed by atoms with E-state index in [9.17, 15) is 0 Å². The lowest BCUT2D eigenvalue weighted by Crippen LogP contribution is -2.31. The molecule has 30 heavy (non-hydrogen) atoms. The van der Waals surface area contributed by atoms with Gasteiger partial charge in [0.25, 0.3) is 0 Å². The fourth-order valence-electron chi connectivity index (χ4n) is 4.14. The summed E-state index contributed by atoms with van der Waals surface area (Å²) in [6.45, 7) is 1.75. The fourth-order valence-corrected chi connectivity index (χ4v) is 4.14. The van der Waals surface area contributed by atoms with E-state index in [1.165, 1.54) is 16.7 Å². The zero-order valence-corrected chi connectivity index (χ0v) is 17.0. The third-order valence-electron chi connectivity index (χ3n) is 5.70. The number of hydrogen-bond donors (Lipinski definition) is 1. The molecule has 154 valence electrons. The predicted octanol–water partition coefficient (Wildman–Crippen LogP) is 4.43. The van der Waals surface area contributed by atoms with Gasteiger partial charge in [0.15, 0.2) is 23.0 Å². The third-order valence-corrected chi connectivity index (χ3v) is 5.70. The van der Waals surface area contributed by atoms with Gasteiger partial charge in [0.1, 0.15) is 6.61 Å². The van der Waals surface area contributed by atoms with E-state index in [0.29, 0.717) is 13.4 Å². The molecular weight excluding hydrogens is 378 g/mol. The molecule has 2 aliphatic heterocycles. The molecule has 0 fully saturated rings. The van der Waals surface area contributed by atoms with Crippen molar-refractivity contribution in [1.29, 1.82) is 0 Å². The van der Waals surface area contributed by atoms with Gasteiger partial charge in [0, 0.05) is 6.04 Å². The number of nitrogens with one attached hydrogen (secondary N) is 1. The summed E-state index contributed by atoms with van der Waals surface area (Å²) in [7, 11) is 1.70. The molecule has 0 amide bonds. The lowest BCUT2D eigenvalue weighted by molar-refractivity contribution is 0.174. The average molecular weight is 403 g/mol. The van der Waals surface area contributed by atoms with Crippen molar-refractivity contribution in [1.82, 2.24) is 5.32 Å². The highest BCUT2D eigenvalue weighted by molar-refractivity contribution is 5.50. The van der Waals surface area contributed by atoms with E-state index in [1.807, 2.05) is 24.3 Å². The topological polar surface area (TPSA) is 49.0 Å². The van der Waals surface area contributed by atoms with Gasteiger partial charge in [-0.25, -0.2) is 0 Å². The Morgan fingerprint density at radius 3 is 2.67 bits per heavy atom. The molecule has 5 nitrogen and oxygen atoms in total. The molecular formula is C25H25NO4. The van der Waals surface area contributed by atoms with Crippen LogP contribution >= 0.6 is 0 Å². The van der Waals surface area contributed by atoms with Crippen LogP contribution in [-0.2, 0) is 19.4 Å². The summed E-state index contributed by atoms with van der Waals surface area (Å²) in [6.07, 6.45) is 1.84. The Kier molecular flexibility index (Phi) is 5.20. The Bertz CT molecular complexity index is 1030. The Hall–Kier alpha value is -3.18. The molecule has 0 bridgehead atoms. The molecule has 3 aromatic carbocycles. The highest BCUT2D eigenvalue weighted by Gasteiger charge is 2.24. The zero-order chi connectivity index (χ0) is 20.3. The second kappa shape index (κ2) is 8.28. The Labute approximate surface area is 176 Å². The van der Waals surface area contributed by atoms with Crippen molar-refractivity contribution in [3.63, 3.8) is 0 Å². The molecule has 1 atom stereocenters. The van der Waals surface area contributed by atoms with Gasteiger partial charge in [-0.1, -0.05) is 36.4 Å². The Balaban J connectivity index is 1.40. The van der Waals surface area contributed by atoms with Gasteiger partial charge in [-0.3, -0.25) is 0 Å². The summed E-state index contributed by atoms with van der Waals surface area (Å²) in [5, 5.41) is 3.66. The molecule has 0 spiro atoms. The quantitative estimate of drug-likeness (QED) is 0.660. The number of rotatable bonds is 6. The van der Waals surface area contributed by atoms with Crippen LogP contribution < -0.4 is 24.3 Å². The third kappa shape index (κ3) is 3.81. The molecule has 0 aliphatic carbocycles. The van der Waals surface area contributed by atoms with Crippen molar-refractivity contribution in [2.75, 3.05) is 20.4 Å². The minimum absolute atomic E-state index is 0.208. The molecule has 1 N–H and O–H groups in total. The summed E-state index contributed by atoms with van der Waals surface area (Å²) in [4.78, 5) is 0. The fraction of sp³-hybridized carbons (Fsp3) is 0.280. The molecule has 1 unspecified atom stereocenters. The van der Waals surface area contributed by atoms with Crippen molar-refractivity contribution in [2.45, 2.75) is 25.5 Å². The number of benzene rings is 3. The monoisotopic (exact) mass is 403 g/mol. The second-order valence-corrected chi connectivity index (χ2v) is 7.62. The largest absolute Gasteiger partial charge is 0.493 e. The van der Waals surface area contributed by atoms with Crippen LogP contribution in [0.1, 0.15) is 28.3 Å². The maximum Gasteiger partial charge on any atom is 0.231 e. The summed E-state index contributed by atoms with van der Waals surface area (Å²) < 4.78 is 22.8. The molecule has 0 aromatic heterocycles. The van der Waals surface area contributed by atoms with E-state index in [2.05, 4.69) is 41.7 Å². The smallest absolute Gasteiger partial charge is 0.231 e. The summed E-state index contributed by atoms with van der Waals surface area (Å²) >= 11 is 0. The number of fused-ring (bicyclic) bond motifs is 2. The number of ether oxygens (including phenoxy) is 4. The van der Waals surface area contributed by atoms with Crippen molar-refractivity contribution in [3.8, 4) is 23.0 Å². The van der Waals surface area contributed by atoms with Crippen molar-refractivity contribution in [2.24, 2.45) is 0 Å². The summed E-state index contributed by atoms with van der Waals surface area (Å²) in [6, 6.07) is 20.8. The average Bonchev–Trinajstić information content (AvgIpc) is 3.26. The maximum absolute atomic E-state index is 6.15. The normalized spacial score (nSPS) is 16.8. The van der Waals surface area contributed by atoms with E-state index in [1.54, 1.807) is 7.11 Å². The molecule has 0 saturated carbocycles. The SMILES string of the molecule is COc1cc2c(cc1OCc1ccccc1)C(Cc1ccc3c(c1)OCO3)NCC2. The van der Waals surface area contributed by atoms with Gasteiger partial charge in [-0.2, -0.15) is 0 Å². The van der Waals surface area contributed by atoms with Gasteiger partial charge in [0.2, 0.25) is 6.79 Å². The number of hydrogen-bond acceptors (Lipinski definition) is 5. The highest BCUT2D eigenvalue weighted by Crippen LogP contribution is 2.38. The van der Waals surface area contributed by atoms with Crippen LogP contribution in [0.25, 0.3) is 0 Å². The summed E-state index contributed by atoms with van der Waals surface area (Å²) in [5.74, 6) is 3.20. The Morgan fingerprint density at radius 1 is 0.933 bits per heavy atom. The first-order valence-corrected chi connectivity index (χ1v) is 10.3. The van der Waals surface area contributed by atoms with Crippen LogP contribution in [0.5, 0.6) is 23.0 Å². The summed E-state index contributed by atoms with van der Waals surface area (Å²) in [5.41, 5.74) is 4.92. The van der Waals surface area contributed by atoms with Gasteiger partial charge in [-0.05, 0) is 65.9 Å². The first-order valence-electron chi connectivity index (χ1n) is 10.3. The van der Waals surface area contributed by atoms with Crippen LogP contribution in [0.2, 0.25) is 0 Å². The van der Waals surface area contributed by atoms with Gasteiger partial charge < -0.3 is 24.3 Å². The van der Waals surface area contributed by atoms with E-state index in [-0.39, 0.29) is 6.04 Å². The van der Waals surface area contributed by atoms with Crippen LogP contribution in [0.4, 0.5) is 0 Å². The van der Waals surface area contributed by atoms with E-state index >= 15 is 0 Å².